The Kier molecular flexibility index (Phi) is 6.72. The van der Waals surface area contributed by atoms with E-state index >= 15 is 0 Å². The van der Waals surface area contributed by atoms with Gasteiger partial charge in [-0.1, -0.05) is 43.2 Å². The summed E-state index contributed by atoms with van der Waals surface area (Å²) in [5, 5.41) is 5.75. The van der Waals surface area contributed by atoms with Gasteiger partial charge in [0.15, 0.2) is 5.16 Å². The van der Waals surface area contributed by atoms with Crippen molar-refractivity contribution in [3.63, 3.8) is 0 Å². The van der Waals surface area contributed by atoms with E-state index in [0.717, 1.165) is 25.7 Å². The van der Waals surface area contributed by atoms with Crippen molar-refractivity contribution in [3.8, 4) is 0 Å². The summed E-state index contributed by atoms with van der Waals surface area (Å²) in [6.45, 7) is 4.02. The molecule has 3 amide bonds. The third kappa shape index (κ3) is 4.73. The molecule has 2 N–H and O–H groups in total. The summed E-state index contributed by atoms with van der Waals surface area (Å²) >= 11 is 1.18. The van der Waals surface area contributed by atoms with Gasteiger partial charge in [0, 0.05) is 12.6 Å². The molecule has 0 spiro atoms. The largest absolute Gasteiger partial charge is 0.335 e. The number of carbonyl (C=O) groups is 2. The Morgan fingerprint density at radius 1 is 1.25 bits per heavy atom. The van der Waals surface area contributed by atoms with Crippen LogP contribution in [0, 0.1) is 0 Å². The maximum Gasteiger partial charge on any atom is 0.321 e. The maximum absolute atomic E-state index is 12.7. The molecule has 0 saturated heterocycles. The van der Waals surface area contributed by atoms with E-state index in [0.29, 0.717) is 22.6 Å². The minimum Gasteiger partial charge on any atom is -0.335 e. The predicted octanol–water partition coefficient (Wildman–Crippen LogP) is 3.06. The number of aromatic nitrogens is 2. The number of thioether (sulfide) groups is 1. The first-order valence-electron chi connectivity index (χ1n) is 9.77. The van der Waals surface area contributed by atoms with Crippen molar-refractivity contribution < 1.29 is 9.59 Å². The number of hydrogen-bond acceptors (Lipinski definition) is 5. The van der Waals surface area contributed by atoms with Gasteiger partial charge in [0.1, 0.15) is 0 Å². The zero-order valence-corrected chi connectivity index (χ0v) is 17.1. The second kappa shape index (κ2) is 9.23. The highest BCUT2D eigenvalue weighted by Gasteiger charge is 2.22. The predicted molar refractivity (Wildman–Crippen MR) is 111 cm³/mol. The number of nitrogens with one attached hydrogen (secondary N) is 2. The molecule has 1 saturated carbocycles. The molecular weight excluding hydrogens is 376 g/mol. The Bertz CT molecular complexity index is 921. The first-order valence-corrected chi connectivity index (χ1v) is 10.6. The zero-order valence-electron chi connectivity index (χ0n) is 16.2. The molecule has 3 rings (SSSR count). The Labute approximate surface area is 168 Å². The number of benzene rings is 1. The fourth-order valence-corrected chi connectivity index (χ4v) is 4.38. The lowest BCUT2D eigenvalue weighted by atomic mass is 9.96. The van der Waals surface area contributed by atoms with Crippen molar-refractivity contribution in [2.75, 3.05) is 0 Å². The second-order valence-corrected chi connectivity index (χ2v) is 8.33. The number of imide groups is 1. The lowest BCUT2D eigenvalue weighted by Gasteiger charge is -2.23. The van der Waals surface area contributed by atoms with E-state index in [9.17, 15) is 14.4 Å². The number of urea groups is 1. The van der Waals surface area contributed by atoms with Crippen LogP contribution in [0.25, 0.3) is 10.9 Å². The highest BCUT2D eigenvalue weighted by Crippen LogP contribution is 2.22. The number of fused-ring (bicyclic) bond motifs is 1. The standard InChI is InChI=1S/C20H26N4O3S/c1-3-24-18(26)15-11-7-8-12-16(15)22-20(24)28-13(2)17(25)23-19(27)21-14-9-5-4-6-10-14/h7-8,11-14H,3-6,9-10H2,1-2H3,(H2,21,23,25,27)/t13-/m1/s1. The van der Waals surface area contributed by atoms with Gasteiger partial charge in [-0.05, 0) is 38.8 Å². The quantitative estimate of drug-likeness (QED) is 0.592. The average molecular weight is 403 g/mol. The fraction of sp³-hybridized carbons (Fsp3) is 0.500. The van der Waals surface area contributed by atoms with E-state index in [4.69, 9.17) is 0 Å². The number of nitrogens with zero attached hydrogens (tertiary/aromatic N) is 2. The summed E-state index contributed by atoms with van der Waals surface area (Å²) in [5.41, 5.74) is 0.473. The summed E-state index contributed by atoms with van der Waals surface area (Å²) in [6, 6.07) is 6.84. The van der Waals surface area contributed by atoms with Crippen molar-refractivity contribution in [1.29, 1.82) is 0 Å². The van der Waals surface area contributed by atoms with Gasteiger partial charge in [-0.15, -0.1) is 0 Å². The molecule has 1 aromatic heterocycles. The molecule has 150 valence electrons. The number of carbonyl (C=O) groups excluding carboxylic acids is 2. The summed E-state index contributed by atoms with van der Waals surface area (Å²) in [7, 11) is 0. The Balaban J connectivity index is 1.68. The lowest BCUT2D eigenvalue weighted by molar-refractivity contribution is -0.119. The maximum atomic E-state index is 12.7. The van der Waals surface area contributed by atoms with Gasteiger partial charge in [0.05, 0.1) is 16.2 Å². The van der Waals surface area contributed by atoms with Crippen LogP contribution in [-0.4, -0.2) is 32.8 Å². The van der Waals surface area contributed by atoms with E-state index in [1.807, 2.05) is 13.0 Å². The third-order valence-electron chi connectivity index (χ3n) is 4.97. The van der Waals surface area contributed by atoms with E-state index in [-0.39, 0.29) is 11.6 Å². The van der Waals surface area contributed by atoms with E-state index < -0.39 is 17.2 Å². The average Bonchev–Trinajstić information content (AvgIpc) is 2.69. The van der Waals surface area contributed by atoms with Gasteiger partial charge in [-0.3, -0.25) is 19.5 Å². The van der Waals surface area contributed by atoms with Crippen molar-refractivity contribution in [2.24, 2.45) is 0 Å². The molecule has 0 bridgehead atoms. The molecule has 1 aromatic carbocycles. The SMILES string of the molecule is CCn1c(S[C@H](C)C(=O)NC(=O)NC2CCCCC2)nc2ccccc2c1=O. The van der Waals surface area contributed by atoms with Crippen molar-refractivity contribution in [3.05, 3.63) is 34.6 Å². The van der Waals surface area contributed by atoms with Gasteiger partial charge >= 0.3 is 6.03 Å². The topological polar surface area (TPSA) is 93.1 Å². The molecule has 1 aliphatic rings. The third-order valence-corrected chi connectivity index (χ3v) is 6.06. The summed E-state index contributed by atoms with van der Waals surface area (Å²) in [5.74, 6) is -0.400. The van der Waals surface area contributed by atoms with Crippen molar-refractivity contribution in [2.45, 2.75) is 68.9 Å². The highest BCUT2D eigenvalue weighted by molar-refractivity contribution is 8.00. The zero-order chi connectivity index (χ0) is 20.1. The minimum absolute atomic E-state index is 0.127. The van der Waals surface area contributed by atoms with Gasteiger partial charge in [-0.25, -0.2) is 9.78 Å². The summed E-state index contributed by atoms with van der Waals surface area (Å²) in [6.07, 6.45) is 5.32. The summed E-state index contributed by atoms with van der Waals surface area (Å²) < 4.78 is 1.55. The van der Waals surface area contributed by atoms with Crippen molar-refractivity contribution in [1.82, 2.24) is 20.2 Å². The molecule has 28 heavy (non-hydrogen) atoms. The smallest absolute Gasteiger partial charge is 0.321 e. The first-order chi connectivity index (χ1) is 13.5. The monoisotopic (exact) mass is 402 g/mol. The fourth-order valence-electron chi connectivity index (χ4n) is 3.41. The van der Waals surface area contributed by atoms with Crippen LogP contribution >= 0.6 is 11.8 Å². The number of para-hydroxylation sites is 1. The van der Waals surface area contributed by atoms with E-state index in [1.54, 1.807) is 29.7 Å². The molecule has 2 aromatic rings. The molecule has 7 nitrogen and oxygen atoms in total. The van der Waals surface area contributed by atoms with Crippen LogP contribution < -0.4 is 16.2 Å². The Morgan fingerprint density at radius 3 is 2.68 bits per heavy atom. The Hall–Kier alpha value is -2.35. The van der Waals surface area contributed by atoms with Crippen LogP contribution in [0.1, 0.15) is 46.0 Å². The van der Waals surface area contributed by atoms with E-state index in [2.05, 4.69) is 15.6 Å². The van der Waals surface area contributed by atoms with Crippen LogP contribution in [0.3, 0.4) is 0 Å². The molecule has 0 aliphatic heterocycles. The van der Waals surface area contributed by atoms with Crippen LogP contribution in [0.4, 0.5) is 4.79 Å². The van der Waals surface area contributed by atoms with E-state index in [1.165, 1.54) is 18.2 Å². The molecule has 0 radical (unpaired) electrons. The molecule has 1 aliphatic carbocycles. The molecule has 1 heterocycles. The molecule has 1 fully saturated rings. The highest BCUT2D eigenvalue weighted by atomic mass is 32.2. The van der Waals surface area contributed by atoms with Crippen LogP contribution in [-0.2, 0) is 11.3 Å². The van der Waals surface area contributed by atoms with Crippen LogP contribution in [0.2, 0.25) is 0 Å². The molecule has 8 heteroatoms. The summed E-state index contributed by atoms with van der Waals surface area (Å²) in [4.78, 5) is 41.8. The molecular formula is C20H26N4O3S. The number of rotatable bonds is 5. The van der Waals surface area contributed by atoms with Crippen LogP contribution in [0.15, 0.2) is 34.2 Å². The lowest BCUT2D eigenvalue weighted by Crippen LogP contribution is -2.47. The van der Waals surface area contributed by atoms with Gasteiger partial charge in [0.2, 0.25) is 5.91 Å². The normalized spacial score (nSPS) is 15.9. The minimum atomic E-state index is -0.567. The first kappa shape index (κ1) is 20.4. The van der Waals surface area contributed by atoms with Gasteiger partial charge in [0.25, 0.3) is 5.56 Å². The van der Waals surface area contributed by atoms with Crippen LogP contribution in [0.5, 0.6) is 0 Å². The van der Waals surface area contributed by atoms with Gasteiger partial charge in [-0.2, -0.15) is 0 Å². The Morgan fingerprint density at radius 2 is 1.96 bits per heavy atom. The number of hydrogen-bond donors (Lipinski definition) is 2. The van der Waals surface area contributed by atoms with Crippen molar-refractivity contribution >= 4 is 34.6 Å². The molecule has 1 atom stereocenters. The van der Waals surface area contributed by atoms with Gasteiger partial charge < -0.3 is 5.32 Å². The number of amides is 3. The molecule has 0 unspecified atom stereocenters. The second-order valence-electron chi connectivity index (χ2n) is 7.02.